The van der Waals surface area contributed by atoms with Gasteiger partial charge in [0.15, 0.2) is 0 Å². The molecule has 0 aromatic carbocycles. The maximum absolute atomic E-state index is 5.78. The number of allylic oxidation sites excluding steroid dienone is 5. The third kappa shape index (κ3) is 3.75. The molecule has 1 aromatic rings. The number of nitrogens with zero attached hydrogens (tertiary/aromatic N) is 2. The van der Waals surface area contributed by atoms with E-state index in [4.69, 9.17) is 4.74 Å². The van der Waals surface area contributed by atoms with E-state index in [9.17, 15) is 0 Å². The maximum atomic E-state index is 5.78. The fourth-order valence-corrected chi connectivity index (χ4v) is 2.43. The summed E-state index contributed by atoms with van der Waals surface area (Å²) in [6.07, 6.45) is 13.2. The van der Waals surface area contributed by atoms with Gasteiger partial charge in [0.2, 0.25) is 0 Å². The van der Waals surface area contributed by atoms with Gasteiger partial charge in [0, 0.05) is 17.3 Å². The fourth-order valence-electron chi connectivity index (χ4n) is 2.43. The van der Waals surface area contributed by atoms with E-state index in [0.717, 1.165) is 33.2 Å². The average Bonchev–Trinajstić information content (AvgIpc) is 2.78. The van der Waals surface area contributed by atoms with Gasteiger partial charge < -0.3 is 4.74 Å². The molecule has 3 nitrogen and oxygen atoms in total. The van der Waals surface area contributed by atoms with E-state index in [-0.39, 0.29) is 0 Å². The Morgan fingerprint density at radius 2 is 2.09 bits per heavy atom. The predicted octanol–water partition coefficient (Wildman–Crippen LogP) is 2.68. The number of ether oxygens (including phenoxy) is 1. The Labute approximate surface area is 137 Å². The van der Waals surface area contributed by atoms with E-state index < -0.39 is 0 Å². The van der Waals surface area contributed by atoms with Crippen molar-refractivity contribution < 1.29 is 4.74 Å². The molecule has 0 fully saturated rings. The number of hydrogen-bond donors (Lipinski definition) is 0. The number of hydrogen-bond acceptors (Lipinski definition) is 3. The van der Waals surface area contributed by atoms with E-state index in [0.29, 0.717) is 13.2 Å². The van der Waals surface area contributed by atoms with Gasteiger partial charge >= 0.3 is 0 Å². The van der Waals surface area contributed by atoms with Crippen molar-refractivity contribution in [2.75, 3.05) is 13.2 Å². The lowest BCUT2D eigenvalue weighted by Gasteiger charge is -2.09. The quantitative estimate of drug-likeness (QED) is 0.857. The van der Waals surface area contributed by atoms with E-state index in [1.807, 2.05) is 44.3 Å². The summed E-state index contributed by atoms with van der Waals surface area (Å²) in [6.45, 7) is 12.8. The van der Waals surface area contributed by atoms with Gasteiger partial charge in [0.05, 0.1) is 17.6 Å². The van der Waals surface area contributed by atoms with Gasteiger partial charge in [-0.3, -0.25) is 9.98 Å². The summed E-state index contributed by atoms with van der Waals surface area (Å²) in [5, 5.41) is 1.95. The monoisotopic (exact) mass is 306 g/mol. The van der Waals surface area contributed by atoms with Crippen molar-refractivity contribution in [3.8, 4) is 0 Å². The molecule has 118 valence electrons. The van der Waals surface area contributed by atoms with Crippen LogP contribution >= 0.6 is 0 Å². The smallest absolute Gasteiger partial charge is 0.128 e. The van der Waals surface area contributed by atoms with E-state index in [2.05, 4.69) is 29.2 Å². The van der Waals surface area contributed by atoms with Crippen LogP contribution in [-0.2, 0) is 4.74 Å². The predicted molar refractivity (Wildman–Crippen MR) is 97.7 cm³/mol. The van der Waals surface area contributed by atoms with E-state index >= 15 is 0 Å². The van der Waals surface area contributed by atoms with Gasteiger partial charge in [-0.2, -0.15) is 0 Å². The van der Waals surface area contributed by atoms with Crippen molar-refractivity contribution in [3.05, 3.63) is 77.2 Å². The molecular formula is C20H22N2O. The van der Waals surface area contributed by atoms with Crippen LogP contribution in [0.15, 0.2) is 66.0 Å². The van der Waals surface area contributed by atoms with Crippen molar-refractivity contribution in [2.24, 2.45) is 4.99 Å². The SMILES string of the molecule is C=C/C=c1/ncc(C2=NCCOC(/C=C\C)=C2C=C)c/c1=C/C. The molecule has 0 atom stereocenters. The van der Waals surface area contributed by atoms with Gasteiger partial charge in [-0.25, -0.2) is 0 Å². The van der Waals surface area contributed by atoms with Gasteiger partial charge in [0.25, 0.3) is 0 Å². The van der Waals surface area contributed by atoms with Gasteiger partial charge in [-0.05, 0) is 37.3 Å². The molecule has 2 rings (SSSR count). The minimum atomic E-state index is 0.559. The van der Waals surface area contributed by atoms with Crippen LogP contribution in [-0.4, -0.2) is 23.8 Å². The molecule has 2 heterocycles. The van der Waals surface area contributed by atoms with Crippen LogP contribution in [0.2, 0.25) is 0 Å². The highest BCUT2D eigenvalue weighted by Crippen LogP contribution is 2.18. The number of aromatic nitrogens is 1. The summed E-state index contributed by atoms with van der Waals surface area (Å²) in [4.78, 5) is 9.20. The van der Waals surface area contributed by atoms with Crippen molar-refractivity contribution >= 4 is 17.9 Å². The zero-order valence-electron chi connectivity index (χ0n) is 13.7. The van der Waals surface area contributed by atoms with Crippen molar-refractivity contribution in [2.45, 2.75) is 13.8 Å². The van der Waals surface area contributed by atoms with Crippen molar-refractivity contribution in [1.82, 2.24) is 4.98 Å². The summed E-state index contributed by atoms with van der Waals surface area (Å²) >= 11 is 0. The van der Waals surface area contributed by atoms with Crippen LogP contribution in [0.1, 0.15) is 19.4 Å². The Morgan fingerprint density at radius 3 is 2.74 bits per heavy atom. The molecule has 0 aliphatic carbocycles. The lowest BCUT2D eigenvalue weighted by molar-refractivity contribution is 0.235. The standard InChI is InChI=1S/C20H22N2O/c1-5-9-18-15(7-3)13-16(14-22-18)20-17(8-4)19(10-6-2)23-12-11-21-20/h5-10,13-14H,1,4,11-12H2,2-3H3/b10-6-,15-7-,18-9+. The lowest BCUT2D eigenvalue weighted by Crippen LogP contribution is -2.29. The number of pyridine rings is 1. The summed E-state index contributed by atoms with van der Waals surface area (Å²) in [7, 11) is 0. The Balaban J connectivity index is 2.66. The van der Waals surface area contributed by atoms with Crippen molar-refractivity contribution in [1.29, 1.82) is 0 Å². The average molecular weight is 306 g/mol. The van der Waals surface area contributed by atoms with Crippen LogP contribution in [0, 0.1) is 0 Å². The summed E-state index contributed by atoms with van der Waals surface area (Å²) in [6, 6.07) is 2.09. The second-order valence-electron chi connectivity index (χ2n) is 4.95. The minimum absolute atomic E-state index is 0.559. The molecule has 0 N–H and O–H groups in total. The Hall–Kier alpha value is -2.68. The third-order valence-electron chi connectivity index (χ3n) is 3.47. The molecule has 1 aliphatic heterocycles. The van der Waals surface area contributed by atoms with Gasteiger partial charge in [-0.15, -0.1) is 0 Å². The molecule has 3 heteroatoms. The van der Waals surface area contributed by atoms with Crippen LogP contribution in [0.3, 0.4) is 0 Å². The molecule has 0 unspecified atom stereocenters. The normalized spacial score (nSPS) is 17.0. The number of aliphatic imine (C=N–C) groups is 1. The second kappa shape index (κ2) is 8.08. The van der Waals surface area contributed by atoms with Crippen LogP contribution in [0.4, 0.5) is 0 Å². The van der Waals surface area contributed by atoms with Crippen LogP contribution < -0.4 is 10.6 Å². The van der Waals surface area contributed by atoms with Crippen molar-refractivity contribution in [3.63, 3.8) is 0 Å². The first kappa shape index (κ1) is 16.7. The number of rotatable bonds is 4. The third-order valence-corrected chi connectivity index (χ3v) is 3.47. The van der Waals surface area contributed by atoms with Gasteiger partial charge in [-0.1, -0.05) is 37.5 Å². The molecule has 23 heavy (non-hydrogen) atoms. The molecule has 0 saturated heterocycles. The Morgan fingerprint density at radius 1 is 1.26 bits per heavy atom. The lowest BCUT2D eigenvalue weighted by atomic mass is 10.0. The summed E-state index contributed by atoms with van der Waals surface area (Å²) < 4.78 is 5.78. The maximum Gasteiger partial charge on any atom is 0.128 e. The zero-order valence-corrected chi connectivity index (χ0v) is 13.7. The highest BCUT2D eigenvalue weighted by Gasteiger charge is 2.15. The highest BCUT2D eigenvalue weighted by molar-refractivity contribution is 6.14. The van der Waals surface area contributed by atoms with Crippen LogP contribution in [0.5, 0.6) is 0 Å². The largest absolute Gasteiger partial charge is 0.491 e. The molecule has 1 aliphatic rings. The molecular weight excluding hydrogens is 284 g/mol. The molecule has 1 aromatic heterocycles. The molecule has 0 radical (unpaired) electrons. The first-order valence-electron chi connectivity index (χ1n) is 7.67. The first-order valence-corrected chi connectivity index (χ1v) is 7.67. The highest BCUT2D eigenvalue weighted by atomic mass is 16.5. The summed E-state index contributed by atoms with van der Waals surface area (Å²) in [5.41, 5.74) is 2.72. The molecule has 0 spiro atoms. The van der Waals surface area contributed by atoms with E-state index in [1.54, 1.807) is 12.2 Å². The van der Waals surface area contributed by atoms with E-state index in [1.165, 1.54) is 0 Å². The topological polar surface area (TPSA) is 34.5 Å². The molecule has 0 bridgehead atoms. The summed E-state index contributed by atoms with van der Waals surface area (Å²) in [5.74, 6) is 0.794. The molecule has 0 saturated carbocycles. The van der Waals surface area contributed by atoms with Crippen LogP contribution in [0.25, 0.3) is 12.2 Å². The van der Waals surface area contributed by atoms with Gasteiger partial charge in [0.1, 0.15) is 12.4 Å². The Kier molecular flexibility index (Phi) is 5.87. The first-order chi connectivity index (χ1) is 11.2. The minimum Gasteiger partial charge on any atom is -0.491 e. The zero-order chi connectivity index (χ0) is 16.7. The molecule has 0 amide bonds. The fraction of sp³-hybridized carbons (Fsp3) is 0.200. The second-order valence-corrected chi connectivity index (χ2v) is 4.95. The Bertz CT molecular complexity index is 811.